The number of carbonyl (C=O) groups excluding carboxylic acids is 1. The quantitative estimate of drug-likeness (QED) is 0.768. The van der Waals surface area contributed by atoms with Gasteiger partial charge in [0.05, 0.1) is 0 Å². The highest BCUT2D eigenvalue weighted by atomic mass is 19.1. The van der Waals surface area contributed by atoms with Crippen LogP contribution in [0.2, 0.25) is 0 Å². The van der Waals surface area contributed by atoms with Gasteiger partial charge in [-0.05, 0) is 25.0 Å². The van der Waals surface area contributed by atoms with E-state index >= 15 is 0 Å². The summed E-state index contributed by atoms with van der Waals surface area (Å²) in [6, 6.07) is 4.98. The number of hydrogen-bond donors (Lipinski definition) is 1. The maximum absolute atomic E-state index is 13.5. The van der Waals surface area contributed by atoms with E-state index in [0.29, 0.717) is 6.42 Å². The largest absolute Gasteiger partial charge is 0.359 e. The highest BCUT2D eigenvalue weighted by Gasteiger charge is 2.34. The topological polar surface area (TPSA) is 32.3 Å². The lowest BCUT2D eigenvalue weighted by Gasteiger charge is -2.24. The van der Waals surface area contributed by atoms with Crippen molar-refractivity contribution in [2.45, 2.75) is 18.9 Å². The second-order valence-corrected chi connectivity index (χ2v) is 4.28. The van der Waals surface area contributed by atoms with Crippen molar-refractivity contribution in [3.05, 3.63) is 29.6 Å². The number of carbonyl (C=O) groups is 1. The second kappa shape index (κ2) is 3.47. The SMILES string of the molecule is O=C1NCCC1N1CCc2c(F)cccc21. The van der Waals surface area contributed by atoms with Crippen molar-refractivity contribution < 1.29 is 9.18 Å². The van der Waals surface area contributed by atoms with Crippen molar-refractivity contribution in [1.82, 2.24) is 5.32 Å². The number of halogens is 1. The van der Waals surface area contributed by atoms with E-state index in [1.165, 1.54) is 6.07 Å². The van der Waals surface area contributed by atoms with Gasteiger partial charge in [0.1, 0.15) is 11.9 Å². The fourth-order valence-corrected chi connectivity index (χ4v) is 2.62. The number of hydrogen-bond acceptors (Lipinski definition) is 2. The molecule has 1 N–H and O–H groups in total. The number of rotatable bonds is 1. The van der Waals surface area contributed by atoms with Gasteiger partial charge in [-0.2, -0.15) is 0 Å². The molecule has 2 aliphatic rings. The number of anilines is 1. The third kappa shape index (κ3) is 1.29. The monoisotopic (exact) mass is 220 g/mol. The van der Waals surface area contributed by atoms with Gasteiger partial charge in [-0.3, -0.25) is 4.79 Å². The van der Waals surface area contributed by atoms with Crippen molar-refractivity contribution in [1.29, 1.82) is 0 Å². The lowest BCUT2D eigenvalue weighted by molar-refractivity contribution is -0.120. The van der Waals surface area contributed by atoms with Crippen LogP contribution >= 0.6 is 0 Å². The fraction of sp³-hybridized carbons (Fsp3) is 0.417. The van der Waals surface area contributed by atoms with Crippen LogP contribution in [0.15, 0.2) is 18.2 Å². The lowest BCUT2D eigenvalue weighted by Crippen LogP contribution is -2.39. The van der Waals surface area contributed by atoms with Gasteiger partial charge < -0.3 is 10.2 Å². The molecule has 1 saturated heterocycles. The fourth-order valence-electron chi connectivity index (χ4n) is 2.62. The van der Waals surface area contributed by atoms with Gasteiger partial charge in [0, 0.05) is 24.3 Å². The van der Waals surface area contributed by atoms with Crippen molar-refractivity contribution in [2.75, 3.05) is 18.0 Å². The number of benzene rings is 1. The van der Waals surface area contributed by atoms with Crippen LogP contribution in [-0.2, 0) is 11.2 Å². The number of nitrogens with one attached hydrogen (secondary N) is 1. The van der Waals surface area contributed by atoms with E-state index in [1.54, 1.807) is 6.07 Å². The Morgan fingerprint density at radius 2 is 2.31 bits per heavy atom. The van der Waals surface area contributed by atoms with Crippen molar-refractivity contribution in [2.24, 2.45) is 0 Å². The summed E-state index contributed by atoms with van der Waals surface area (Å²) >= 11 is 0. The van der Waals surface area contributed by atoms with E-state index in [0.717, 1.165) is 30.8 Å². The van der Waals surface area contributed by atoms with Crippen LogP contribution in [-0.4, -0.2) is 25.0 Å². The van der Waals surface area contributed by atoms with Gasteiger partial charge in [-0.25, -0.2) is 4.39 Å². The van der Waals surface area contributed by atoms with Crippen LogP contribution < -0.4 is 10.2 Å². The van der Waals surface area contributed by atoms with Crippen LogP contribution in [0.3, 0.4) is 0 Å². The van der Waals surface area contributed by atoms with E-state index in [-0.39, 0.29) is 17.8 Å². The minimum atomic E-state index is -0.154. The van der Waals surface area contributed by atoms with Gasteiger partial charge in [0.25, 0.3) is 0 Å². The predicted octanol–water partition coefficient (Wildman–Crippen LogP) is 1.08. The molecule has 0 saturated carbocycles. The Morgan fingerprint density at radius 3 is 3.06 bits per heavy atom. The summed E-state index contributed by atoms with van der Waals surface area (Å²) in [4.78, 5) is 13.6. The number of fused-ring (bicyclic) bond motifs is 1. The Balaban J connectivity index is 1.97. The van der Waals surface area contributed by atoms with E-state index in [1.807, 2.05) is 11.0 Å². The molecular weight excluding hydrogens is 207 g/mol. The minimum Gasteiger partial charge on any atom is -0.359 e. The first-order valence-corrected chi connectivity index (χ1v) is 5.59. The Labute approximate surface area is 93.2 Å². The zero-order valence-electron chi connectivity index (χ0n) is 8.87. The van der Waals surface area contributed by atoms with Crippen molar-refractivity contribution in [3.8, 4) is 0 Å². The van der Waals surface area contributed by atoms with Gasteiger partial charge in [0.15, 0.2) is 0 Å². The van der Waals surface area contributed by atoms with Crippen LogP contribution in [0.1, 0.15) is 12.0 Å². The van der Waals surface area contributed by atoms with Gasteiger partial charge in [-0.1, -0.05) is 6.07 Å². The summed E-state index contributed by atoms with van der Waals surface area (Å²) in [6.07, 6.45) is 1.51. The molecule has 2 aliphatic heterocycles. The molecule has 3 nitrogen and oxygen atoms in total. The molecule has 1 unspecified atom stereocenters. The van der Waals surface area contributed by atoms with Crippen LogP contribution in [0.5, 0.6) is 0 Å². The van der Waals surface area contributed by atoms with Crippen molar-refractivity contribution in [3.63, 3.8) is 0 Å². The zero-order valence-corrected chi connectivity index (χ0v) is 8.87. The summed E-state index contributed by atoms with van der Waals surface area (Å²) < 4.78 is 13.5. The molecule has 0 bridgehead atoms. The molecule has 84 valence electrons. The standard InChI is InChI=1S/C12H13FN2O/c13-9-2-1-3-10-8(9)5-7-15(10)11-4-6-14-12(11)16/h1-3,11H,4-7H2,(H,14,16). The third-order valence-corrected chi connectivity index (χ3v) is 3.40. The highest BCUT2D eigenvalue weighted by molar-refractivity contribution is 5.88. The first kappa shape index (κ1) is 9.63. The predicted molar refractivity (Wildman–Crippen MR) is 58.9 cm³/mol. The molecule has 1 atom stereocenters. The molecule has 0 spiro atoms. The first-order valence-electron chi connectivity index (χ1n) is 5.59. The maximum atomic E-state index is 13.5. The van der Waals surface area contributed by atoms with Crippen molar-refractivity contribution >= 4 is 11.6 Å². The van der Waals surface area contributed by atoms with E-state index in [2.05, 4.69) is 5.32 Å². The molecule has 1 amide bonds. The molecular formula is C12H13FN2O. The molecule has 1 aromatic carbocycles. The molecule has 1 fully saturated rings. The van der Waals surface area contributed by atoms with Crippen LogP contribution in [0, 0.1) is 5.82 Å². The summed E-state index contributed by atoms with van der Waals surface area (Å²) in [5, 5.41) is 2.82. The van der Waals surface area contributed by atoms with E-state index in [4.69, 9.17) is 0 Å². The molecule has 4 heteroatoms. The Hall–Kier alpha value is -1.58. The second-order valence-electron chi connectivity index (χ2n) is 4.28. The molecule has 0 radical (unpaired) electrons. The molecule has 16 heavy (non-hydrogen) atoms. The summed E-state index contributed by atoms with van der Waals surface area (Å²) in [5.41, 5.74) is 1.64. The average molecular weight is 220 g/mol. The van der Waals surface area contributed by atoms with Gasteiger partial charge in [-0.15, -0.1) is 0 Å². The molecule has 0 aliphatic carbocycles. The van der Waals surface area contributed by atoms with Gasteiger partial charge >= 0.3 is 0 Å². The normalized spacial score (nSPS) is 23.4. The first-order chi connectivity index (χ1) is 7.77. The minimum absolute atomic E-state index is 0.0668. The maximum Gasteiger partial charge on any atom is 0.242 e. The molecule has 3 rings (SSSR count). The lowest BCUT2D eigenvalue weighted by atomic mass is 10.1. The molecule has 2 heterocycles. The van der Waals surface area contributed by atoms with Crippen LogP contribution in [0.25, 0.3) is 0 Å². The van der Waals surface area contributed by atoms with Crippen LogP contribution in [0.4, 0.5) is 10.1 Å². The zero-order chi connectivity index (χ0) is 11.1. The number of amides is 1. The Morgan fingerprint density at radius 1 is 1.44 bits per heavy atom. The average Bonchev–Trinajstić information content (AvgIpc) is 2.84. The van der Waals surface area contributed by atoms with Gasteiger partial charge in [0.2, 0.25) is 5.91 Å². The summed E-state index contributed by atoms with van der Waals surface area (Å²) in [7, 11) is 0. The number of nitrogens with zero attached hydrogens (tertiary/aromatic N) is 1. The summed E-state index contributed by atoms with van der Waals surface area (Å²) in [5.74, 6) is -0.0875. The highest BCUT2D eigenvalue weighted by Crippen LogP contribution is 2.32. The smallest absolute Gasteiger partial charge is 0.242 e. The van der Waals surface area contributed by atoms with E-state index < -0.39 is 0 Å². The van der Waals surface area contributed by atoms with E-state index in [9.17, 15) is 9.18 Å². The Bertz CT molecular complexity index is 447. The molecule has 0 aromatic heterocycles. The Kier molecular flexibility index (Phi) is 2.09. The summed E-state index contributed by atoms with van der Waals surface area (Å²) in [6.45, 7) is 1.47. The third-order valence-electron chi connectivity index (χ3n) is 3.40. The molecule has 1 aromatic rings.